The number of halogens is 3. The van der Waals surface area contributed by atoms with Crippen LogP contribution in [0.1, 0.15) is 45.4 Å². The van der Waals surface area contributed by atoms with Gasteiger partial charge in [0.25, 0.3) is 0 Å². The van der Waals surface area contributed by atoms with Gasteiger partial charge >= 0.3 is 6.18 Å². The van der Waals surface area contributed by atoms with Gasteiger partial charge in [0, 0.05) is 12.2 Å². The third-order valence-electron chi connectivity index (χ3n) is 6.21. The maximum absolute atomic E-state index is 13.2. The van der Waals surface area contributed by atoms with Gasteiger partial charge in [-0.1, -0.05) is 6.92 Å². The largest absolute Gasteiger partial charge is 0.484 e. The number of hydrogen-bond donors (Lipinski definition) is 1. The highest BCUT2D eigenvalue weighted by molar-refractivity contribution is 7.91. The zero-order chi connectivity index (χ0) is 22.9. The van der Waals surface area contributed by atoms with E-state index in [9.17, 15) is 31.5 Å². The molecule has 0 bridgehead atoms. The Morgan fingerprint density at radius 3 is 2.26 bits per heavy atom. The lowest BCUT2D eigenvalue weighted by Gasteiger charge is -2.40. The summed E-state index contributed by atoms with van der Waals surface area (Å²) in [5.74, 6) is -0.259. The first-order valence-electron chi connectivity index (χ1n) is 10.4. The van der Waals surface area contributed by atoms with E-state index in [0.717, 1.165) is 0 Å². The van der Waals surface area contributed by atoms with Crippen molar-refractivity contribution in [3.05, 3.63) is 24.3 Å². The van der Waals surface area contributed by atoms with Crippen molar-refractivity contribution >= 4 is 21.4 Å². The van der Waals surface area contributed by atoms with Gasteiger partial charge in [-0.05, 0) is 62.8 Å². The van der Waals surface area contributed by atoms with E-state index in [1.54, 1.807) is 24.0 Å². The average Bonchev–Trinajstić information content (AvgIpc) is 2.99. The van der Waals surface area contributed by atoms with Crippen LogP contribution in [0.5, 0.6) is 5.75 Å². The van der Waals surface area contributed by atoms with E-state index in [1.807, 2.05) is 0 Å². The highest BCUT2D eigenvalue weighted by atomic mass is 32.2. The minimum atomic E-state index is -4.42. The average molecular weight is 464 g/mol. The molecule has 1 spiro atoms. The Kier molecular flexibility index (Phi) is 6.63. The number of benzene rings is 1. The molecule has 3 rings (SSSR count). The first kappa shape index (κ1) is 23.8. The van der Waals surface area contributed by atoms with E-state index in [4.69, 9.17) is 4.74 Å². The Bertz CT molecular complexity index is 891. The predicted octanol–water partition coefficient (Wildman–Crippen LogP) is 3.48. The molecule has 1 saturated heterocycles. The van der Waals surface area contributed by atoms with E-state index in [-0.39, 0.29) is 36.0 Å². The van der Waals surface area contributed by atoms with Gasteiger partial charge in [0.05, 0.1) is 22.5 Å². The van der Waals surface area contributed by atoms with Crippen molar-refractivity contribution in [1.82, 2.24) is 0 Å². The second-order valence-electron chi connectivity index (χ2n) is 8.70. The maximum Gasteiger partial charge on any atom is 0.422 e. The van der Waals surface area contributed by atoms with Crippen LogP contribution in [0.25, 0.3) is 0 Å². The SMILES string of the molecule is CCCS(=O)(=O)CC1(O)CCC2(CCN(c3ccc(OCC(F)(F)F)cc3)C2=O)CC1. The number of carbonyl (C=O) groups is 1. The molecule has 6 nitrogen and oxygen atoms in total. The van der Waals surface area contributed by atoms with Crippen LogP contribution in [0.2, 0.25) is 0 Å². The Morgan fingerprint density at radius 2 is 1.71 bits per heavy atom. The monoisotopic (exact) mass is 463 g/mol. The van der Waals surface area contributed by atoms with Crippen molar-refractivity contribution in [2.75, 3.05) is 29.6 Å². The molecule has 0 atom stereocenters. The van der Waals surface area contributed by atoms with E-state index in [0.29, 0.717) is 37.9 Å². The molecule has 0 unspecified atom stereocenters. The molecule has 31 heavy (non-hydrogen) atoms. The molecule has 1 saturated carbocycles. The molecule has 1 aromatic rings. The van der Waals surface area contributed by atoms with Crippen LogP contribution in [-0.2, 0) is 14.6 Å². The Labute approximate surface area is 180 Å². The summed E-state index contributed by atoms with van der Waals surface area (Å²) in [5.41, 5.74) is -1.36. The van der Waals surface area contributed by atoms with Gasteiger partial charge in [0.1, 0.15) is 5.75 Å². The molecule has 2 aliphatic rings. The summed E-state index contributed by atoms with van der Waals surface area (Å²) in [7, 11) is -3.34. The summed E-state index contributed by atoms with van der Waals surface area (Å²) >= 11 is 0. The Morgan fingerprint density at radius 1 is 1.10 bits per heavy atom. The van der Waals surface area contributed by atoms with Gasteiger partial charge in [0.15, 0.2) is 16.4 Å². The number of anilines is 1. The number of ether oxygens (including phenoxy) is 1. The maximum atomic E-state index is 13.2. The molecule has 0 radical (unpaired) electrons. The van der Waals surface area contributed by atoms with E-state index in [1.165, 1.54) is 12.1 Å². The molecule has 10 heteroatoms. The molecule has 1 amide bonds. The highest BCUT2D eigenvalue weighted by Crippen LogP contribution is 2.49. The first-order valence-corrected chi connectivity index (χ1v) is 12.2. The lowest BCUT2D eigenvalue weighted by atomic mass is 9.68. The molecule has 1 heterocycles. The summed E-state index contributed by atoms with van der Waals surface area (Å²) in [6.45, 7) is 0.862. The van der Waals surface area contributed by atoms with Crippen molar-refractivity contribution in [1.29, 1.82) is 0 Å². The van der Waals surface area contributed by atoms with Crippen molar-refractivity contribution in [3.8, 4) is 5.75 Å². The van der Waals surface area contributed by atoms with Crippen molar-refractivity contribution in [2.45, 2.75) is 57.2 Å². The molecular formula is C21H28F3NO5S. The summed E-state index contributed by atoms with van der Waals surface area (Å²) in [6, 6.07) is 5.91. The normalized spacial score (nSPS) is 27.1. The third-order valence-corrected chi connectivity index (χ3v) is 8.21. The topological polar surface area (TPSA) is 83.9 Å². The molecular weight excluding hydrogens is 435 g/mol. The van der Waals surface area contributed by atoms with Crippen LogP contribution >= 0.6 is 0 Å². The van der Waals surface area contributed by atoms with Crippen LogP contribution in [0.3, 0.4) is 0 Å². The number of hydrogen-bond acceptors (Lipinski definition) is 5. The third kappa shape index (κ3) is 5.71. The van der Waals surface area contributed by atoms with Gasteiger partial charge < -0.3 is 14.7 Å². The quantitative estimate of drug-likeness (QED) is 0.669. The second kappa shape index (κ2) is 8.61. The van der Waals surface area contributed by atoms with Crippen LogP contribution in [-0.4, -0.2) is 55.9 Å². The van der Waals surface area contributed by atoms with Crippen LogP contribution in [0, 0.1) is 5.41 Å². The fourth-order valence-corrected chi connectivity index (χ4v) is 6.42. The van der Waals surface area contributed by atoms with Crippen molar-refractivity contribution in [2.24, 2.45) is 5.41 Å². The smallest absolute Gasteiger partial charge is 0.422 e. The van der Waals surface area contributed by atoms with Crippen LogP contribution < -0.4 is 9.64 Å². The van der Waals surface area contributed by atoms with E-state index >= 15 is 0 Å². The molecule has 2 fully saturated rings. The van der Waals surface area contributed by atoms with Crippen molar-refractivity contribution in [3.63, 3.8) is 0 Å². The lowest BCUT2D eigenvalue weighted by molar-refractivity contribution is -0.153. The fourth-order valence-electron chi connectivity index (χ4n) is 4.55. The van der Waals surface area contributed by atoms with Gasteiger partial charge in [-0.25, -0.2) is 8.42 Å². The predicted molar refractivity (Wildman–Crippen MR) is 110 cm³/mol. The summed E-state index contributed by atoms with van der Waals surface area (Å²) in [6.07, 6.45) is -2.01. The fraction of sp³-hybridized carbons (Fsp3) is 0.667. The number of carbonyl (C=O) groups excluding carboxylic acids is 1. The number of aliphatic hydroxyl groups is 1. The molecule has 0 aromatic heterocycles. The Balaban J connectivity index is 1.62. The summed E-state index contributed by atoms with van der Waals surface area (Å²) in [4.78, 5) is 14.8. The zero-order valence-corrected chi connectivity index (χ0v) is 18.3. The van der Waals surface area contributed by atoms with Gasteiger partial charge in [0.2, 0.25) is 5.91 Å². The minimum absolute atomic E-state index is 0.0375. The number of sulfone groups is 1. The molecule has 174 valence electrons. The lowest BCUT2D eigenvalue weighted by Crippen LogP contribution is -2.47. The van der Waals surface area contributed by atoms with Gasteiger partial charge in [-0.2, -0.15) is 13.2 Å². The summed E-state index contributed by atoms with van der Waals surface area (Å²) < 4.78 is 65.8. The molecule has 1 aromatic carbocycles. The molecule has 1 aliphatic heterocycles. The van der Waals surface area contributed by atoms with Crippen molar-refractivity contribution < 1.29 is 36.2 Å². The number of alkyl halides is 3. The number of amides is 1. The standard InChI is InChI=1S/C21H28F3NO5S/c1-2-13-31(28,29)15-20(27)9-7-19(8-10-20)11-12-25(18(19)26)16-3-5-17(6-4-16)30-14-21(22,23)24/h3-6,27H,2,7-15H2,1H3. The van der Waals surface area contributed by atoms with Crippen LogP contribution in [0.4, 0.5) is 18.9 Å². The Hall–Kier alpha value is -1.81. The zero-order valence-electron chi connectivity index (χ0n) is 17.5. The number of nitrogens with zero attached hydrogens (tertiary/aromatic N) is 1. The first-order chi connectivity index (χ1) is 14.4. The molecule has 1 N–H and O–H groups in total. The van der Waals surface area contributed by atoms with Gasteiger partial charge in [-0.15, -0.1) is 0 Å². The second-order valence-corrected chi connectivity index (χ2v) is 10.9. The summed E-state index contributed by atoms with van der Waals surface area (Å²) in [5, 5.41) is 10.8. The van der Waals surface area contributed by atoms with Gasteiger partial charge in [-0.3, -0.25) is 4.79 Å². The highest BCUT2D eigenvalue weighted by Gasteiger charge is 2.52. The van der Waals surface area contributed by atoms with Crippen LogP contribution in [0.15, 0.2) is 24.3 Å². The van der Waals surface area contributed by atoms with E-state index < -0.39 is 33.6 Å². The number of rotatable bonds is 7. The molecule has 1 aliphatic carbocycles. The van der Waals surface area contributed by atoms with E-state index in [2.05, 4.69) is 0 Å². The minimum Gasteiger partial charge on any atom is -0.484 e.